The van der Waals surface area contributed by atoms with Crippen LogP contribution in [0.5, 0.6) is 0 Å². The van der Waals surface area contributed by atoms with E-state index in [0.29, 0.717) is 19.4 Å². The van der Waals surface area contributed by atoms with Crippen LogP contribution in [0, 0.1) is 25.7 Å². The third-order valence-electron chi connectivity index (χ3n) is 7.83. The monoisotopic (exact) mass is 684 g/mol. The number of aryl methyl sites for hydroxylation is 2. The molecule has 5 aromatic rings. The van der Waals surface area contributed by atoms with Crippen LogP contribution in [0.25, 0.3) is 11.3 Å². The molecule has 0 spiro atoms. The number of carbonyl (C=O) groups excluding carboxylic acids is 2. The number of aldehydes is 1. The number of carbonyl (C=O) groups is 2. The van der Waals surface area contributed by atoms with Gasteiger partial charge in [0, 0.05) is 24.9 Å². The Bertz CT molecular complexity index is 1700. The Morgan fingerprint density at radius 2 is 1.29 bits per heavy atom. The molecule has 2 aromatic heterocycles. The molecular weight excluding hydrogens is 633 g/mol. The molecule has 0 saturated heterocycles. The first kappa shape index (κ1) is 41.5. The molecule has 0 aliphatic heterocycles. The van der Waals surface area contributed by atoms with Crippen molar-refractivity contribution in [1.82, 2.24) is 29.7 Å². The van der Waals surface area contributed by atoms with Crippen LogP contribution in [0.3, 0.4) is 0 Å². The molecule has 3 aromatic carbocycles. The van der Waals surface area contributed by atoms with Crippen LogP contribution < -0.4 is 0 Å². The molecule has 0 fully saturated rings. The van der Waals surface area contributed by atoms with E-state index in [-0.39, 0.29) is 5.91 Å². The summed E-state index contributed by atoms with van der Waals surface area (Å²) >= 11 is 0. The number of nitrogens with zero attached hydrogens (tertiary/aromatic N) is 4. The molecule has 0 radical (unpaired) electrons. The lowest BCUT2D eigenvalue weighted by atomic mass is 10.1. The number of H-pyrrole nitrogens is 2. The predicted octanol–water partition coefficient (Wildman–Crippen LogP) is 7.33. The van der Waals surface area contributed by atoms with E-state index in [1.165, 1.54) is 5.56 Å². The summed E-state index contributed by atoms with van der Waals surface area (Å²) in [6.45, 7) is 7.41. The van der Waals surface area contributed by atoms with E-state index < -0.39 is 0 Å². The van der Waals surface area contributed by atoms with E-state index in [9.17, 15) is 9.59 Å². The van der Waals surface area contributed by atoms with E-state index in [4.69, 9.17) is 0 Å². The summed E-state index contributed by atoms with van der Waals surface area (Å²) in [6.07, 6.45) is 25.5. The number of imidazole rings is 2. The van der Waals surface area contributed by atoms with Gasteiger partial charge in [-0.25, -0.2) is 9.97 Å². The van der Waals surface area contributed by atoms with Crippen LogP contribution in [0.4, 0.5) is 0 Å². The molecule has 5 rings (SSSR count). The summed E-state index contributed by atoms with van der Waals surface area (Å²) < 4.78 is 0. The number of amides is 1. The summed E-state index contributed by atoms with van der Waals surface area (Å²) in [5.74, 6) is 1.97. The van der Waals surface area contributed by atoms with Crippen molar-refractivity contribution in [3.8, 4) is 37.0 Å². The topological polar surface area (TPSA) is 98.0 Å². The summed E-state index contributed by atoms with van der Waals surface area (Å²) in [6, 6.07) is 28.3. The van der Waals surface area contributed by atoms with Gasteiger partial charge < -0.3 is 19.7 Å². The van der Waals surface area contributed by atoms with E-state index in [0.717, 1.165) is 91.3 Å². The fourth-order valence-electron chi connectivity index (χ4n) is 5.38. The molecule has 0 saturated carbocycles. The molecule has 8 nitrogen and oxygen atoms in total. The highest BCUT2D eigenvalue weighted by atomic mass is 16.2. The van der Waals surface area contributed by atoms with Gasteiger partial charge >= 0.3 is 0 Å². The van der Waals surface area contributed by atoms with Crippen molar-refractivity contribution >= 4 is 12.2 Å². The second-order valence-electron chi connectivity index (χ2n) is 11.9. The molecule has 0 atom stereocenters. The smallest absolute Gasteiger partial charge is 0.227 e. The number of hydrogen-bond donors (Lipinski definition) is 2. The second-order valence-corrected chi connectivity index (χ2v) is 11.9. The van der Waals surface area contributed by atoms with E-state index in [1.54, 1.807) is 0 Å². The van der Waals surface area contributed by atoms with Gasteiger partial charge in [0.05, 0.1) is 31.4 Å². The molecule has 1 amide bonds. The Morgan fingerprint density at radius 1 is 0.706 bits per heavy atom. The number of terminal acetylenes is 2. The third kappa shape index (κ3) is 15.2. The van der Waals surface area contributed by atoms with E-state index in [2.05, 4.69) is 95.7 Å². The normalized spacial score (nSPS) is 10.0. The fraction of sp³-hybridized carbons (Fsp3) is 0.302. The highest BCUT2D eigenvalue weighted by Gasteiger charge is 2.15. The zero-order valence-corrected chi connectivity index (χ0v) is 30.3. The van der Waals surface area contributed by atoms with Crippen molar-refractivity contribution in [2.75, 3.05) is 20.1 Å². The first-order chi connectivity index (χ1) is 25.0. The maximum Gasteiger partial charge on any atom is 0.227 e. The Hall–Kier alpha value is -5.70. The zero-order valence-electron chi connectivity index (χ0n) is 30.3. The minimum atomic E-state index is 0.133. The van der Waals surface area contributed by atoms with Crippen molar-refractivity contribution in [3.05, 3.63) is 131 Å². The minimum absolute atomic E-state index is 0.133. The van der Waals surface area contributed by atoms with Gasteiger partial charge in [0.15, 0.2) is 0 Å². The highest BCUT2D eigenvalue weighted by molar-refractivity contribution is 5.78. The van der Waals surface area contributed by atoms with Crippen molar-refractivity contribution < 1.29 is 9.59 Å². The number of rotatable bonds is 16. The third-order valence-corrected chi connectivity index (χ3v) is 7.83. The van der Waals surface area contributed by atoms with Crippen LogP contribution in [0.15, 0.2) is 97.3 Å². The summed E-state index contributed by atoms with van der Waals surface area (Å²) in [5.41, 5.74) is 6.67. The largest absolute Gasteiger partial charge is 0.344 e. The standard InChI is InChI=1S/C31H40N6O.C8H8O.2C2H2/c1-4-17-36(3)22-29-33-21-28(35-29)26-14-11-24(12-15-26)13-16-27-20-32-30(34-27)23-37(18-5-2)31(38)19-25-9-7-6-8-10-25;9-7-6-8-4-2-1-3-5-8;2*1-2/h6-12,14-15,20-21H,4-5,13,16-19,22-23H2,1-3H3,(H,32,34)(H,33,35);1-5,7H,6H2;2*1-2H. The number of aromatic amines is 2. The SMILES string of the molecule is C#C.C#C.CCCN(C)Cc1ncc(-c2ccc(CCc3cnc(CN(CCC)C(=O)Cc4ccccc4)[nH]3)cc2)[nH]1.O=CCc1ccccc1. The predicted molar refractivity (Wildman–Crippen MR) is 208 cm³/mol. The number of hydrogen-bond acceptors (Lipinski definition) is 5. The van der Waals surface area contributed by atoms with Gasteiger partial charge in [0.2, 0.25) is 5.91 Å². The second kappa shape index (κ2) is 24.4. The zero-order chi connectivity index (χ0) is 37.3. The Labute approximate surface area is 304 Å². The molecule has 2 N–H and O–H groups in total. The number of aromatic nitrogens is 4. The van der Waals surface area contributed by atoms with Gasteiger partial charge in [0.25, 0.3) is 0 Å². The van der Waals surface area contributed by atoms with E-state index >= 15 is 0 Å². The summed E-state index contributed by atoms with van der Waals surface area (Å²) in [7, 11) is 2.12. The molecule has 0 bridgehead atoms. The van der Waals surface area contributed by atoms with Crippen molar-refractivity contribution in [2.45, 2.75) is 65.5 Å². The Balaban J connectivity index is 0.000000591. The summed E-state index contributed by atoms with van der Waals surface area (Å²) in [5, 5.41) is 0. The van der Waals surface area contributed by atoms with Crippen molar-refractivity contribution in [3.63, 3.8) is 0 Å². The summed E-state index contributed by atoms with van der Waals surface area (Å²) in [4.78, 5) is 43.0. The van der Waals surface area contributed by atoms with Crippen LogP contribution in [0.1, 0.15) is 60.7 Å². The van der Waals surface area contributed by atoms with Crippen LogP contribution in [-0.2, 0) is 48.4 Å². The van der Waals surface area contributed by atoms with E-state index in [1.807, 2.05) is 78.0 Å². The van der Waals surface area contributed by atoms with Gasteiger partial charge in [-0.15, -0.1) is 25.7 Å². The maximum absolute atomic E-state index is 12.9. The fourth-order valence-corrected chi connectivity index (χ4v) is 5.38. The first-order valence-corrected chi connectivity index (χ1v) is 17.3. The lowest BCUT2D eigenvalue weighted by Crippen LogP contribution is -2.33. The van der Waals surface area contributed by atoms with Crippen LogP contribution >= 0.6 is 0 Å². The molecule has 0 aliphatic carbocycles. The molecule has 51 heavy (non-hydrogen) atoms. The number of benzene rings is 3. The number of nitrogens with one attached hydrogen (secondary N) is 2. The van der Waals surface area contributed by atoms with Gasteiger partial charge in [-0.1, -0.05) is 98.8 Å². The average Bonchev–Trinajstić information content (AvgIpc) is 3.83. The average molecular weight is 685 g/mol. The van der Waals surface area contributed by atoms with Gasteiger partial charge in [-0.3, -0.25) is 9.69 Å². The molecule has 8 heteroatoms. The molecule has 2 heterocycles. The van der Waals surface area contributed by atoms with Gasteiger partial charge in [0.1, 0.15) is 17.9 Å². The lowest BCUT2D eigenvalue weighted by Gasteiger charge is -2.21. The van der Waals surface area contributed by atoms with Crippen molar-refractivity contribution in [2.24, 2.45) is 0 Å². The first-order valence-electron chi connectivity index (χ1n) is 17.3. The lowest BCUT2D eigenvalue weighted by molar-refractivity contribution is -0.131. The Kier molecular flexibility index (Phi) is 19.9. The molecule has 0 unspecified atom stereocenters. The highest BCUT2D eigenvalue weighted by Crippen LogP contribution is 2.19. The van der Waals surface area contributed by atoms with Crippen LogP contribution in [-0.4, -0.2) is 62.1 Å². The molecular formula is C43H52N6O2. The molecule has 266 valence electrons. The molecule has 0 aliphatic rings. The minimum Gasteiger partial charge on any atom is -0.344 e. The van der Waals surface area contributed by atoms with Crippen LogP contribution in [0.2, 0.25) is 0 Å². The Morgan fingerprint density at radius 3 is 1.90 bits per heavy atom. The maximum atomic E-state index is 12.9. The quantitative estimate of drug-likeness (QED) is 0.0838. The van der Waals surface area contributed by atoms with Gasteiger partial charge in [-0.2, -0.15) is 0 Å². The van der Waals surface area contributed by atoms with Gasteiger partial charge in [-0.05, 0) is 61.5 Å². The van der Waals surface area contributed by atoms with Crippen molar-refractivity contribution in [1.29, 1.82) is 0 Å².